The molecule has 0 aromatic rings. The molecule has 0 spiro atoms. The largest absolute Gasteiger partial charge is 0.426 e. The van der Waals surface area contributed by atoms with Gasteiger partial charge in [0.2, 0.25) is 5.79 Å². The van der Waals surface area contributed by atoms with Crippen molar-refractivity contribution in [3.63, 3.8) is 0 Å². The van der Waals surface area contributed by atoms with E-state index in [-0.39, 0.29) is 0 Å². The molecule has 9 heavy (non-hydrogen) atoms. The molecule has 0 aromatic heterocycles. The Bertz CT molecular complexity index is 162. The molecule has 1 aliphatic heterocycles. The van der Waals surface area contributed by atoms with Gasteiger partial charge >= 0.3 is 5.97 Å². The molecule has 0 saturated heterocycles. The quantitative estimate of drug-likeness (QED) is 0.513. The first-order valence-corrected chi connectivity index (χ1v) is 2.81. The first-order valence-electron chi connectivity index (χ1n) is 2.81. The highest BCUT2D eigenvalue weighted by atomic mass is 16.7. The summed E-state index contributed by atoms with van der Waals surface area (Å²) in [5, 5.41) is 9.14. The normalized spacial score (nSPS) is 32.9. The Morgan fingerprint density at radius 1 is 1.89 bits per heavy atom. The molecule has 50 valence electrons. The minimum atomic E-state index is -1.32. The van der Waals surface area contributed by atoms with Gasteiger partial charge in [0.1, 0.15) is 0 Å². The van der Waals surface area contributed by atoms with Crippen LogP contribution in [0.3, 0.4) is 0 Å². The molecule has 0 amide bonds. The van der Waals surface area contributed by atoms with E-state index in [2.05, 4.69) is 4.74 Å². The average Bonchev–Trinajstić information content (AvgIpc) is 2.13. The first kappa shape index (κ1) is 6.29. The lowest BCUT2D eigenvalue weighted by molar-refractivity contribution is -0.178. The second kappa shape index (κ2) is 1.84. The van der Waals surface area contributed by atoms with Gasteiger partial charge in [0, 0.05) is 12.5 Å². The van der Waals surface area contributed by atoms with Gasteiger partial charge in [0.25, 0.3) is 0 Å². The Balaban J connectivity index is 2.68. The van der Waals surface area contributed by atoms with Crippen molar-refractivity contribution in [2.45, 2.75) is 19.1 Å². The number of hydrogen-bond acceptors (Lipinski definition) is 3. The van der Waals surface area contributed by atoms with Crippen LogP contribution in [0.15, 0.2) is 12.2 Å². The molecular formula is C6H8O3. The van der Waals surface area contributed by atoms with E-state index in [0.29, 0.717) is 6.42 Å². The lowest BCUT2D eigenvalue weighted by Gasteiger charge is -2.16. The van der Waals surface area contributed by atoms with E-state index in [9.17, 15) is 4.79 Å². The van der Waals surface area contributed by atoms with Crippen LogP contribution in [0.2, 0.25) is 0 Å². The molecule has 0 aromatic carbocycles. The number of carbonyl (C=O) groups is 1. The van der Waals surface area contributed by atoms with E-state index in [1.54, 1.807) is 6.92 Å². The van der Waals surface area contributed by atoms with Crippen molar-refractivity contribution in [1.82, 2.24) is 0 Å². The maximum atomic E-state index is 10.3. The molecule has 1 aliphatic rings. The van der Waals surface area contributed by atoms with Crippen LogP contribution in [-0.4, -0.2) is 16.9 Å². The van der Waals surface area contributed by atoms with E-state index in [1.165, 1.54) is 12.2 Å². The van der Waals surface area contributed by atoms with Gasteiger partial charge in [-0.05, 0) is 6.08 Å². The zero-order valence-corrected chi connectivity index (χ0v) is 5.13. The van der Waals surface area contributed by atoms with Crippen molar-refractivity contribution in [3.05, 3.63) is 12.2 Å². The van der Waals surface area contributed by atoms with Gasteiger partial charge in [-0.25, -0.2) is 4.79 Å². The fourth-order valence-corrected chi connectivity index (χ4v) is 0.631. The minimum Gasteiger partial charge on any atom is -0.426 e. The molecule has 1 unspecified atom stereocenters. The van der Waals surface area contributed by atoms with E-state index >= 15 is 0 Å². The molecule has 0 fully saturated rings. The zero-order valence-electron chi connectivity index (χ0n) is 5.13. The van der Waals surface area contributed by atoms with Gasteiger partial charge in [0.15, 0.2) is 0 Å². The van der Waals surface area contributed by atoms with Crippen molar-refractivity contribution in [2.24, 2.45) is 0 Å². The third kappa shape index (κ3) is 1.10. The third-order valence-corrected chi connectivity index (χ3v) is 1.26. The number of hydrogen-bond donors (Lipinski definition) is 1. The molecular weight excluding hydrogens is 120 g/mol. The summed E-state index contributed by atoms with van der Waals surface area (Å²) >= 11 is 0. The Hall–Kier alpha value is -0.830. The van der Waals surface area contributed by atoms with E-state index in [0.717, 1.165) is 0 Å². The highest BCUT2D eigenvalue weighted by Crippen LogP contribution is 2.19. The van der Waals surface area contributed by atoms with Crippen LogP contribution in [0, 0.1) is 0 Å². The second-order valence-electron chi connectivity index (χ2n) is 1.95. The maximum absolute atomic E-state index is 10.3. The summed E-state index contributed by atoms with van der Waals surface area (Å²) in [5.41, 5.74) is 0. The van der Waals surface area contributed by atoms with Gasteiger partial charge in [0.05, 0.1) is 0 Å². The van der Waals surface area contributed by atoms with Gasteiger partial charge < -0.3 is 9.84 Å². The molecule has 1 N–H and O–H groups in total. The third-order valence-electron chi connectivity index (χ3n) is 1.26. The average molecular weight is 128 g/mol. The molecule has 0 saturated carbocycles. The summed E-state index contributed by atoms with van der Waals surface area (Å²) in [6, 6.07) is 0. The van der Waals surface area contributed by atoms with Crippen molar-refractivity contribution in [1.29, 1.82) is 0 Å². The summed E-state index contributed by atoms with van der Waals surface area (Å²) in [6.45, 7) is 1.74. The molecule has 3 nitrogen and oxygen atoms in total. The highest BCUT2D eigenvalue weighted by Gasteiger charge is 2.30. The molecule has 1 atom stereocenters. The standard InChI is InChI=1S/C6H8O3/c1-2-6(8)4-3-5(7)9-6/h3-4,8H,2H2,1H3. The molecule has 0 radical (unpaired) electrons. The van der Waals surface area contributed by atoms with Crippen LogP contribution < -0.4 is 0 Å². The topological polar surface area (TPSA) is 46.5 Å². The Morgan fingerprint density at radius 2 is 2.56 bits per heavy atom. The zero-order chi connectivity index (χ0) is 6.91. The molecule has 1 heterocycles. The summed E-state index contributed by atoms with van der Waals surface area (Å²) in [4.78, 5) is 10.3. The lowest BCUT2D eigenvalue weighted by atomic mass is 10.2. The Morgan fingerprint density at radius 3 is 2.78 bits per heavy atom. The number of cyclic esters (lactones) is 1. The highest BCUT2D eigenvalue weighted by molar-refractivity contribution is 5.84. The lowest BCUT2D eigenvalue weighted by Crippen LogP contribution is -2.25. The number of aliphatic hydroxyl groups is 1. The molecule has 0 bridgehead atoms. The summed E-state index contributed by atoms with van der Waals surface area (Å²) in [7, 11) is 0. The number of carbonyl (C=O) groups excluding carboxylic acids is 1. The van der Waals surface area contributed by atoms with Crippen LogP contribution in [0.25, 0.3) is 0 Å². The van der Waals surface area contributed by atoms with Gasteiger partial charge in [-0.15, -0.1) is 0 Å². The Kier molecular flexibility index (Phi) is 1.29. The van der Waals surface area contributed by atoms with Crippen molar-refractivity contribution < 1.29 is 14.6 Å². The number of esters is 1. The van der Waals surface area contributed by atoms with Crippen molar-refractivity contribution >= 4 is 5.97 Å². The molecule has 3 heteroatoms. The smallest absolute Gasteiger partial charge is 0.333 e. The fourth-order valence-electron chi connectivity index (χ4n) is 0.631. The van der Waals surface area contributed by atoms with E-state index < -0.39 is 11.8 Å². The summed E-state index contributed by atoms with van der Waals surface area (Å²) in [6.07, 6.45) is 2.98. The summed E-state index contributed by atoms with van der Waals surface area (Å²) in [5.74, 6) is -1.80. The number of rotatable bonds is 1. The van der Waals surface area contributed by atoms with E-state index in [1.807, 2.05) is 0 Å². The SMILES string of the molecule is CCC1(O)C=CC(=O)O1. The minimum absolute atomic E-state index is 0.398. The monoisotopic (exact) mass is 128 g/mol. The number of ether oxygens (including phenoxy) is 1. The first-order chi connectivity index (χ1) is 4.16. The molecule has 1 rings (SSSR count). The Labute approximate surface area is 52.9 Å². The fraction of sp³-hybridized carbons (Fsp3) is 0.500. The second-order valence-corrected chi connectivity index (χ2v) is 1.95. The maximum Gasteiger partial charge on any atom is 0.333 e. The van der Waals surface area contributed by atoms with Crippen LogP contribution in [-0.2, 0) is 9.53 Å². The van der Waals surface area contributed by atoms with Gasteiger partial charge in [-0.1, -0.05) is 6.92 Å². The van der Waals surface area contributed by atoms with E-state index in [4.69, 9.17) is 5.11 Å². The van der Waals surface area contributed by atoms with Crippen LogP contribution in [0.5, 0.6) is 0 Å². The van der Waals surface area contributed by atoms with Crippen molar-refractivity contribution in [2.75, 3.05) is 0 Å². The van der Waals surface area contributed by atoms with Crippen LogP contribution in [0.1, 0.15) is 13.3 Å². The van der Waals surface area contributed by atoms with Crippen LogP contribution >= 0.6 is 0 Å². The van der Waals surface area contributed by atoms with Crippen LogP contribution in [0.4, 0.5) is 0 Å². The van der Waals surface area contributed by atoms with Gasteiger partial charge in [-0.2, -0.15) is 0 Å². The van der Waals surface area contributed by atoms with Gasteiger partial charge in [-0.3, -0.25) is 0 Å². The summed E-state index contributed by atoms with van der Waals surface area (Å²) < 4.78 is 4.50. The van der Waals surface area contributed by atoms with Crippen molar-refractivity contribution in [3.8, 4) is 0 Å². The predicted molar refractivity (Wildman–Crippen MR) is 30.5 cm³/mol. The molecule has 0 aliphatic carbocycles. The predicted octanol–water partition coefficient (Wildman–Crippen LogP) is 0.198.